The summed E-state index contributed by atoms with van der Waals surface area (Å²) in [7, 11) is 1.62. The molecule has 10 heteroatoms. The fourth-order valence-electron chi connectivity index (χ4n) is 3.41. The molecule has 0 radical (unpaired) electrons. The predicted molar refractivity (Wildman–Crippen MR) is 106 cm³/mol. The van der Waals surface area contributed by atoms with Crippen LogP contribution in [0.5, 0.6) is 0 Å². The van der Waals surface area contributed by atoms with Crippen LogP contribution in [0.25, 0.3) is 28.1 Å². The largest absolute Gasteiger partial charge is 0.437 e. The average Bonchev–Trinajstić information content (AvgIpc) is 3.31. The van der Waals surface area contributed by atoms with Crippen molar-refractivity contribution in [3.05, 3.63) is 80.6 Å². The van der Waals surface area contributed by atoms with Crippen molar-refractivity contribution in [2.45, 2.75) is 13.5 Å². The van der Waals surface area contributed by atoms with Gasteiger partial charge in [0, 0.05) is 12.6 Å². The molecule has 0 aliphatic rings. The average molecular weight is 406 g/mol. The number of aryl methyl sites for hydroxylation is 2. The van der Waals surface area contributed by atoms with E-state index in [1.807, 2.05) is 19.1 Å². The van der Waals surface area contributed by atoms with E-state index in [4.69, 9.17) is 4.42 Å². The molecule has 3 heterocycles. The molecule has 0 N–H and O–H groups in total. The Hall–Kier alpha value is -4.08. The number of hydrogen-bond donors (Lipinski definition) is 0. The zero-order valence-corrected chi connectivity index (χ0v) is 16.0. The molecule has 0 bridgehead atoms. The Kier molecular flexibility index (Phi) is 3.88. The van der Waals surface area contributed by atoms with Crippen molar-refractivity contribution in [2.75, 3.05) is 0 Å². The van der Waals surface area contributed by atoms with Crippen LogP contribution in [0.4, 0.5) is 4.39 Å². The van der Waals surface area contributed by atoms with Crippen molar-refractivity contribution in [1.29, 1.82) is 0 Å². The van der Waals surface area contributed by atoms with Gasteiger partial charge >= 0.3 is 5.76 Å². The van der Waals surface area contributed by atoms with E-state index in [2.05, 4.69) is 15.3 Å². The minimum absolute atomic E-state index is 0.0219. The molecule has 0 atom stereocenters. The molecule has 30 heavy (non-hydrogen) atoms. The number of hydrogen-bond acceptors (Lipinski definition) is 6. The van der Waals surface area contributed by atoms with Gasteiger partial charge in [-0.05, 0) is 43.3 Å². The molecule has 0 amide bonds. The van der Waals surface area contributed by atoms with Crippen LogP contribution in [0.2, 0.25) is 0 Å². The summed E-state index contributed by atoms with van der Waals surface area (Å²) in [6.45, 7) is 1.88. The third-order valence-corrected chi connectivity index (χ3v) is 4.93. The summed E-state index contributed by atoms with van der Waals surface area (Å²) in [5, 5.41) is 13.0. The van der Waals surface area contributed by atoms with Crippen molar-refractivity contribution < 1.29 is 8.81 Å². The molecule has 0 saturated carbocycles. The van der Waals surface area contributed by atoms with Crippen molar-refractivity contribution in [3.63, 3.8) is 0 Å². The summed E-state index contributed by atoms with van der Waals surface area (Å²) in [5.41, 5.74) is 1.87. The minimum atomic E-state index is -0.684. The summed E-state index contributed by atoms with van der Waals surface area (Å²) < 4.78 is 22.6. The van der Waals surface area contributed by atoms with Gasteiger partial charge in [-0.3, -0.25) is 13.8 Å². The highest BCUT2D eigenvalue weighted by atomic mass is 19.1. The first kappa shape index (κ1) is 18.0. The van der Waals surface area contributed by atoms with E-state index in [1.165, 1.54) is 28.8 Å². The van der Waals surface area contributed by atoms with Gasteiger partial charge in [0.05, 0.1) is 10.9 Å². The number of nitrogens with zero attached hydrogens (tertiary/aromatic N) is 6. The summed E-state index contributed by atoms with van der Waals surface area (Å²) in [5.74, 6) is -0.252. The maximum absolute atomic E-state index is 13.1. The summed E-state index contributed by atoms with van der Waals surface area (Å²) in [6.07, 6.45) is 0. The van der Waals surface area contributed by atoms with Crippen LogP contribution in [0.3, 0.4) is 0 Å². The normalized spacial score (nSPS) is 11.6. The van der Waals surface area contributed by atoms with E-state index in [-0.39, 0.29) is 18.0 Å². The molecule has 0 aliphatic heterocycles. The van der Waals surface area contributed by atoms with Gasteiger partial charge in [0.1, 0.15) is 12.4 Å². The number of aromatic nitrogens is 6. The van der Waals surface area contributed by atoms with Crippen LogP contribution in [0, 0.1) is 12.7 Å². The van der Waals surface area contributed by atoms with Crippen molar-refractivity contribution >= 4 is 16.7 Å². The van der Waals surface area contributed by atoms with E-state index in [0.717, 1.165) is 10.2 Å². The molecule has 3 aromatic heterocycles. The molecule has 0 saturated heterocycles. The highest BCUT2D eigenvalue weighted by Crippen LogP contribution is 2.18. The lowest BCUT2D eigenvalue weighted by atomic mass is 10.1. The fraction of sp³-hybridized carbons (Fsp3) is 0.150. The Morgan fingerprint density at radius 3 is 2.60 bits per heavy atom. The quantitative estimate of drug-likeness (QED) is 0.454. The van der Waals surface area contributed by atoms with Gasteiger partial charge in [0.15, 0.2) is 5.82 Å². The second kappa shape index (κ2) is 6.48. The van der Waals surface area contributed by atoms with E-state index in [0.29, 0.717) is 28.1 Å². The molecule has 0 unspecified atom stereocenters. The van der Waals surface area contributed by atoms with Gasteiger partial charge in [-0.2, -0.15) is 4.68 Å². The molecule has 5 rings (SSSR count). The van der Waals surface area contributed by atoms with Gasteiger partial charge < -0.3 is 4.42 Å². The van der Waals surface area contributed by atoms with Crippen LogP contribution in [0.1, 0.15) is 11.4 Å². The van der Waals surface area contributed by atoms with E-state index < -0.39 is 11.6 Å². The van der Waals surface area contributed by atoms with E-state index in [1.54, 1.807) is 17.5 Å². The second-order valence-electron chi connectivity index (χ2n) is 6.97. The van der Waals surface area contributed by atoms with Gasteiger partial charge in [-0.25, -0.2) is 9.18 Å². The van der Waals surface area contributed by atoms with E-state index >= 15 is 0 Å². The molecule has 150 valence electrons. The molecule has 0 spiro atoms. The lowest BCUT2D eigenvalue weighted by Gasteiger charge is -2.08. The predicted octanol–water partition coefficient (Wildman–Crippen LogP) is 1.89. The first-order valence-corrected chi connectivity index (χ1v) is 9.09. The van der Waals surface area contributed by atoms with Crippen molar-refractivity contribution in [3.8, 4) is 11.5 Å². The van der Waals surface area contributed by atoms with E-state index in [9.17, 15) is 14.0 Å². The standard InChI is InChI=1S/C20H15FN6O3/c1-11-3-8-15-14(9-11)18(28)25(2)19-23-22-16(27(15)19)10-26-20(29)30-17(24-26)12-4-6-13(21)7-5-12/h3-9H,10H2,1-2H3. The van der Waals surface area contributed by atoms with Crippen molar-refractivity contribution in [2.24, 2.45) is 7.05 Å². The second-order valence-corrected chi connectivity index (χ2v) is 6.97. The molecule has 0 aliphatic carbocycles. The smallest absolute Gasteiger partial charge is 0.388 e. The first-order chi connectivity index (χ1) is 14.4. The third-order valence-electron chi connectivity index (χ3n) is 4.93. The van der Waals surface area contributed by atoms with Crippen molar-refractivity contribution in [1.82, 2.24) is 28.9 Å². The molecule has 5 aromatic rings. The Balaban J connectivity index is 1.65. The number of benzene rings is 2. The summed E-state index contributed by atoms with van der Waals surface area (Å²) in [6, 6.07) is 11.0. The third kappa shape index (κ3) is 2.72. The summed E-state index contributed by atoms with van der Waals surface area (Å²) in [4.78, 5) is 25.0. The number of halogens is 1. The Morgan fingerprint density at radius 1 is 1.07 bits per heavy atom. The van der Waals surface area contributed by atoms with Gasteiger partial charge in [-0.15, -0.1) is 15.3 Å². The molecule has 0 fully saturated rings. The first-order valence-electron chi connectivity index (χ1n) is 9.09. The Morgan fingerprint density at radius 2 is 1.83 bits per heavy atom. The van der Waals surface area contributed by atoms with Crippen LogP contribution in [0.15, 0.2) is 56.5 Å². The SMILES string of the molecule is Cc1ccc2c(c1)c(=O)n(C)c1nnc(Cn3nc(-c4ccc(F)cc4)oc3=O)n21. The van der Waals surface area contributed by atoms with Crippen LogP contribution in [-0.2, 0) is 13.6 Å². The zero-order valence-electron chi connectivity index (χ0n) is 16.0. The Bertz CT molecular complexity index is 1540. The number of rotatable bonds is 3. The summed E-state index contributed by atoms with van der Waals surface area (Å²) >= 11 is 0. The molecular formula is C20H15FN6O3. The van der Waals surface area contributed by atoms with Gasteiger partial charge in [0.25, 0.3) is 5.56 Å². The van der Waals surface area contributed by atoms with Crippen LogP contribution < -0.4 is 11.3 Å². The van der Waals surface area contributed by atoms with Gasteiger partial charge in [-0.1, -0.05) is 11.6 Å². The van der Waals surface area contributed by atoms with Gasteiger partial charge in [0.2, 0.25) is 11.7 Å². The van der Waals surface area contributed by atoms with Crippen LogP contribution >= 0.6 is 0 Å². The minimum Gasteiger partial charge on any atom is -0.388 e. The maximum Gasteiger partial charge on any atom is 0.437 e. The topological polar surface area (TPSA) is 100 Å². The maximum atomic E-state index is 13.1. The fourth-order valence-corrected chi connectivity index (χ4v) is 3.41. The monoisotopic (exact) mass is 406 g/mol. The molecule has 9 nitrogen and oxygen atoms in total. The Labute approximate surface area is 167 Å². The number of fused-ring (bicyclic) bond motifs is 3. The van der Waals surface area contributed by atoms with Crippen LogP contribution in [-0.4, -0.2) is 28.9 Å². The lowest BCUT2D eigenvalue weighted by molar-refractivity contribution is 0.490. The highest BCUT2D eigenvalue weighted by molar-refractivity contribution is 5.81. The lowest BCUT2D eigenvalue weighted by Crippen LogP contribution is -2.22. The highest BCUT2D eigenvalue weighted by Gasteiger charge is 2.18. The molecular weight excluding hydrogens is 391 g/mol. The zero-order chi connectivity index (χ0) is 21.0. The molecule has 2 aromatic carbocycles.